The maximum Gasteiger partial charge on any atom is 0.224 e. The summed E-state index contributed by atoms with van der Waals surface area (Å²) >= 11 is 11.4. The van der Waals surface area contributed by atoms with Crippen LogP contribution in [0.4, 0.5) is 11.4 Å². The molecule has 0 aliphatic carbocycles. The number of hydrogen-bond acceptors (Lipinski definition) is 3. The molecule has 2 rings (SSSR count). The van der Waals surface area contributed by atoms with E-state index in [4.69, 9.17) is 11.6 Å². The number of nitrogens with one attached hydrogen (secondary N) is 2. The van der Waals surface area contributed by atoms with E-state index in [1.165, 1.54) is 4.88 Å². The fraction of sp³-hybridized carbons (Fsp3) is 0.267. The van der Waals surface area contributed by atoms with E-state index in [2.05, 4.69) is 39.6 Å². The average molecular weight is 388 g/mol. The van der Waals surface area contributed by atoms with Crippen LogP contribution in [0.15, 0.2) is 34.1 Å². The highest BCUT2D eigenvalue weighted by molar-refractivity contribution is 9.10. The van der Waals surface area contributed by atoms with Crippen LogP contribution in [0.5, 0.6) is 0 Å². The van der Waals surface area contributed by atoms with Crippen molar-refractivity contribution >= 4 is 56.1 Å². The number of halogens is 2. The van der Waals surface area contributed by atoms with Crippen LogP contribution in [0.25, 0.3) is 0 Å². The van der Waals surface area contributed by atoms with Gasteiger partial charge in [-0.15, -0.1) is 11.3 Å². The Balaban J connectivity index is 2.15. The topological polar surface area (TPSA) is 41.1 Å². The predicted molar refractivity (Wildman–Crippen MR) is 94.4 cm³/mol. The van der Waals surface area contributed by atoms with Gasteiger partial charge in [0.15, 0.2) is 0 Å². The molecule has 1 aromatic carbocycles. The van der Waals surface area contributed by atoms with Crippen molar-refractivity contribution in [1.82, 2.24) is 0 Å². The van der Waals surface area contributed by atoms with Crippen LogP contribution >= 0.6 is 38.9 Å². The van der Waals surface area contributed by atoms with Gasteiger partial charge in [-0.25, -0.2) is 0 Å². The van der Waals surface area contributed by atoms with E-state index < -0.39 is 0 Å². The number of rotatable bonds is 5. The lowest BCUT2D eigenvalue weighted by atomic mass is 10.2. The zero-order chi connectivity index (χ0) is 15.4. The highest BCUT2D eigenvalue weighted by atomic mass is 79.9. The van der Waals surface area contributed by atoms with Gasteiger partial charge in [0, 0.05) is 26.8 Å². The van der Waals surface area contributed by atoms with Crippen molar-refractivity contribution in [2.75, 3.05) is 10.6 Å². The summed E-state index contributed by atoms with van der Waals surface area (Å²) in [5.74, 6) is -0.0153. The lowest BCUT2D eigenvalue weighted by molar-refractivity contribution is -0.115. The van der Waals surface area contributed by atoms with Crippen molar-refractivity contribution in [3.8, 4) is 0 Å². The van der Waals surface area contributed by atoms with Gasteiger partial charge in [-0.2, -0.15) is 0 Å². The second kappa shape index (κ2) is 7.29. The molecule has 6 heteroatoms. The van der Waals surface area contributed by atoms with Gasteiger partial charge >= 0.3 is 0 Å². The molecular weight excluding hydrogens is 372 g/mol. The highest BCUT2D eigenvalue weighted by Crippen LogP contribution is 2.32. The molecule has 0 bridgehead atoms. The Bertz CT molecular complexity index is 644. The van der Waals surface area contributed by atoms with Crippen LogP contribution in [0.2, 0.25) is 5.02 Å². The number of benzene rings is 1. The van der Waals surface area contributed by atoms with E-state index >= 15 is 0 Å². The van der Waals surface area contributed by atoms with Gasteiger partial charge in [-0.3, -0.25) is 4.79 Å². The molecule has 1 unspecified atom stereocenters. The lowest BCUT2D eigenvalue weighted by Crippen LogP contribution is -2.10. The average Bonchev–Trinajstić information content (AvgIpc) is 2.89. The molecule has 2 aromatic rings. The van der Waals surface area contributed by atoms with E-state index in [9.17, 15) is 4.79 Å². The third kappa shape index (κ3) is 4.46. The second-order valence-corrected chi connectivity index (χ2v) is 6.90. The highest BCUT2D eigenvalue weighted by Gasteiger charge is 2.11. The summed E-state index contributed by atoms with van der Waals surface area (Å²) in [6.07, 6.45) is 0.449. The molecule has 2 N–H and O–H groups in total. The first-order chi connectivity index (χ1) is 9.99. The minimum absolute atomic E-state index is 0.0153. The van der Waals surface area contributed by atoms with E-state index in [0.29, 0.717) is 11.4 Å². The van der Waals surface area contributed by atoms with Crippen molar-refractivity contribution in [2.24, 2.45) is 0 Å². The van der Waals surface area contributed by atoms with Crippen LogP contribution in [0.1, 0.15) is 31.2 Å². The number of amides is 1. The fourth-order valence-electron chi connectivity index (χ4n) is 1.82. The Morgan fingerprint density at radius 2 is 2.19 bits per heavy atom. The Hall–Kier alpha value is -1.04. The number of hydrogen-bond donors (Lipinski definition) is 2. The summed E-state index contributed by atoms with van der Waals surface area (Å²) in [6.45, 7) is 3.90. The molecule has 1 amide bonds. The molecule has 0 saturated carbocycles. The third-order valence-corrected chi connectivity index (χ3v) is 5.16. The molecule has 21 heavy (non-hydrogen) atoms. The second-order valence-electron chi connectivity index (χ2n) is 4.63. The van der Waals surface area contributed by atoms with Gasteiger partial charge in [-0.1, -0.05) is 18.5 Å². The summed E-state index contributed by atoms with van der Waals surface area (Å²) in [7, 11) is 0. The van der Waals surface area contributed by atoms with E-state index in [0.717, 1.165) is 15.8 Å². The molecule has 0 saturated heterocycles. The van der Waals surface area contributed by atoms with Gasteiger partial charge in [-0.05, 0) is 47.1 Å². The number of thiophene rings is 1. The van der Waals surface area contributed by atoms with E-state index in [1.807, 2.05) is 18.4 Å². The van der Waals surface area contributed by atoms with Crippen molar-refractivity contribution in [2.45, 2.75) is 26.3 Å². The molecule has 1 atom stereocenters. The SMILES string of the molecule is CCC(=O)Nc1ccc(Cl)c(NC(C)c2cc(Br)cs2)c1. The first-order valence-corrected chi connectivity index (χ1v) is 8.64. The molecule has 0 fully saturated rings. The monoisotopic (exact) mass is 386 g/mol. The van der Waals surface area contributed by atoms with Crippen LogP contribution in [0.3, 0.4) is 0 Å². The zero-order valence-electron chi connectivity index (χ0n) is 11.7. The van der Waals surface area contributed by atoms with Crippen LogP contribution in [0, 0.1) is 0 Å². The molecule has 0 radical (unpaired) electrons. The molecule has 0 aliphatic heterocycles. The van der Waals surface area contributed by atoms with Crippen molar-refractivity contribution < 1.29 is 4.79 Å². The summed E-state index contributed by atoms with van der Waals surface area (Å²) in [5.41, 5.74) is 1.55. The smallest absolute Gasteiger partial charge is 0.224 e. The van der Waals surface area contributed by atoms with Gasteiger partial charge in [0.2, 0.25) is 5.91 Å². The van der Waals surface area contributed by atoms with E-state index in [-0.39, 0.29) is 11.9 Å². The van der Waals surface area contributed by atoms with Crippen LogP contribution in [-0.2, 0) is 4.79 Å². The molecular formula is C15H16BrClN2OS. The summed E-state index contributed by atoms with van der Waals surface area (Å²) in [4.78, 5) is 12.7. The van der Waals surface area contributed by atoms with Crippen LogP contribution < -0.4 is 10.6 Å². The molecule has 0 aliphatic rings. The third-order valence-electron chi connectivity index (χ3n) is 2.96. The normalized spacial score (nSPS) is 12.0. The van der Waals surface area contributed by atoms with Gasteiger partial charge in [0.25, 0.3) is 0 Å². The standard InChI is InChI=1S/C15H16BrClN2OS/c1-3-15(20)19-11-4-5-12(17)13(7-11)18-9(2)14-6-10(16)8-21-14/h4-9,18H,3H2,1-2H3,(H,19,20). The molecule has 112 valence electrons. The minimum Gasteiger partial charge on any atom is -0.376 e. The van der Waals surface area contributed by atoms with Gasteiger partial charge in [0.05, 0.1) is 16.8 Å². The Kier molecular flexibility index (Phi) is 5.67. The molecule has 1 heterocycles. The quantitative estimate of drug-likeness (QED) is 0.692. The van der Waals surface area contributed by atoms with Crippen molar-refractivity contribution in [1.29, 1.82) is 0 Å². The number of carbonyl (C=O) groups excluding carboxylic acids is 1. The van der Waals surface area contributed by atoms with Gasteiger partial charge < -0.3 is 10.6 Å². The van der Waals surface area contributed by atoms with E-state index in [1.54, 1.807) is 23.5 Å². The maximum atomic E-state index is 11.5. The Morgan fingerprint density at radius 1 is 1.43 bits per heavy atom. The maximum absolute atomic E-state index is 11.5. The molecule has 3 nitrogen and oxygen atoms in total. The fourth-order valence-corrected chi connectivity index (χ4v) is 3.45. The summed E-state index contributed by atoms with van der Waals surface area (Å²) in [5, 5.41) is 8.89. The Morgan fingerprint density at radius 3 is 2.81 bits per heavy atom. The Labute approximate surface area is 141 Å². The number of anilines is 2. The summed E-state index contributed by atoms with van der Waals surface area (Å²) in [6, 6.07) is 7.66. The molecule has 0 spiro atoms. The number of carbonyl (C=O) groups is 1. The van der Waals surface area contributed by atoms with Crippen LogP contribution in [-0.4, -0.2) is 5.91 Å². The first kappa shape index (κ1) is 16.3. The first-order valence-electron chi connectivity index (χ1n) is 6.59. The molecule has 1 aromatic heterocycles. The largest absolute Gasteiger partial charge is 0.376 e. The zero-order valence-corrected chi connectivity index (χ0v) is 14.9. The van der Waals surface area contributed by atoms with Gasteiger partial charge in [0.1, 0.15) is 0 Å². The summed E-state index contributed by atoms with van der Waals surface area (Å²) < 4.78 is 1.08. The van der Waals surface area contributed by atoms with Crippen molar-refractivity contribution in [3.63, 3.8) is 0 Å². The lowest BCUT2D eigenvalue weighted by Gasteiger charge is -2.16. The van der Waals surface area contributed by atoms with Crippen molar-refractivity contribution in [3.05, 3.63) is 44.0 Å². The minimum atomic E-state index is -0.0153. The predicted octanol–water partition coefficient (Wildman–Crippen LogP) is 5.69.